The van der Waals surface area contributed by atoms with Gasteiger partial charge in [0.1, 0.15) is 6.10 Å². The topological polar surface area (TPSA) is 20.2 Å². The first-order valence-electron chi connectivity index (χ1n) is 6.07. The number of hydrogen-bond donors (Lipinski definition) is 1. The van der Waals surface area contributed by atoms with E-state index in [9.17, 15) is 5.11 Å². The van der Waals surface area contributed by atoms with Crippen molar-refractivity contribution in [1.82, 2.24) is 0 Å². The van der Waals surface area contributed by atoms with E-state index in [2.05, 4.69) is 12.1 Å². The molecule has 1 aromatic heterocycles. The van der Waals surface area contributed by atoms with E-state index in [4.69, 9.17) is 11.6 Å². The maximum absolute atomic E-state index is 10.7. The summed E-state index contributed by atoms with van der Waals surface area (Å²) in [6.07, 6.45) is -0.638. The molecule has 3 heteroatoms. The van der Waals surface area contributed by atoms with Crippen molar-refractivity contribution in [3.63, 3.8) is 0 Å². The molecule has 19 heavy (non-hydrogen) atoms. The zero-order chi connectivity index (χ0) is 13.4. The van der Waals surface area contributed by atoms with Crippen LogP contribution in [0.5, 0.6) is 0 Å². The van der Waals surface area contributed by atoms with E-state index in [1.54, 1.807) is 11.3 Å². The lowest BCUT2D eigenvalue weighted by molar-refractivity contribution is 0.221. The van der Waals surface area contributed by atoms with Crippen LogP contribution < -0.4 is 0 Å². The van der Waals surface area contributed by atoms with Crippen LogP contribution in [0.1, 0.15) is 22.8 Å². The predicted octanol–water partition coefficient (Wildman–Crippen LogP) is 4.94. The van der Waals surface area contributed by atoms with Gasteiger partial charge in [-0.05, 0) is 47.0 Å². The number of aliphatic hydroxyl groups is 1. The highest BCUT2D eigenvalue weighted by atomic mass is 35.5. The highest BCUT2D eigenvalue weighted by Gasteiger charge is 2.16. The molecule has 0 bridgehead atoms. The summed E-state index contributed by atoms with van der Waals surface area (Å²) in [6, 6.07) is 13.7. The molecule has 0 saturated heterocycles. The highest BCUT2D eigenvalue weighted by molar-refractivity contribution is 7.17. The fraction of sp³-hybridized carbons (Fsp3) is 0.125. The molecule has 0 aliphatic rings. The predicted molar refractivity (Wildman–Crippen MR) is 82.1 cm³/mol. The van der Waals surface area contributed by atoms with Crippen molar-refractivity contribution in [3.8, 4) is 0 Å². The third-order valence-corrected chi connectivity index (χ3v) is 4.55. The molecule has 1 unspecified atom stereocenters. The summed E-state index contributed by atoms with van der Waals surface area (Å²) in [6.45, 7) is 1.99. The molecule has 0 saturated carbocycles. The van der Waals surface area contributed by atoms with Crippen molar-refractivity contribution < 1.29 is 5.11 Å². The van der Waals surface area contributed by atoms with Gasteiger partial charge in [-0.25, -0.2) is 0 Å². The first-order chi connectivity index (χ1) is 9.16. The van der Waals surface area contributed by atoms with Crippen molar-refractivity contribution in [3.05, 3.63) is 69.6 Å². The average molecular weight is 289 g/mol. The molecule has 1 N–H and O–H groups in total. The summed E-state index contributed by atoms with van der Waals surface area (Å²) in [7, 11) is 0. The maximum Gasteiger partial charge on any atom is 0.106 e. The lowest BCUT2D eigenvalue weighted by Crippen LogP contribution is -2.02. The molecule has 1 atom stereocenters. The van der Waals surface area contributed by atoms with Gasteiger partial charge in [0.2, 0.25) is 0 Å². The van der Waals surface area contributed by atoms with Crippen LogP contribution in [0.4, 0.5) is 0 Å². The second-order valence-electron chi connectivity index (χ2n) is 4.59. The van der Waals surface area contributed by atoms with Crippen LogP contribution in [0.25, 0.3) is 10.1 Å². The van der Waals surface area contributed by atoms with Gasteiger partial charge < -0.3 is 5.11 Å². The lowest BCUT2D eigenvalue weighted by atomic mass is 9.97. The van der Waals surface area contributed by atoms with E-state index in [1.807, 2.05) is 42.6 Å². The Morgan fingerprint density at radius 2 is 1.95 bits per heavy atom. The molecular weight excluding hydrogens is 276 g/mol. The normalized spacial score (nSPS) is 12.8. The number of thiophene rings is 1. The van der Waals surface area contributed by atoms with Gasteiger partial charge in [0.05, 0.1) is 0 Å². The summed E-state index contributed by atoms with van der Waals surface area (Å²) in [4.78, 5) is 0. The third kappa shape index (κ3) is 2.27. The van der Waals surface area contributed by atoms with E-state index in [-0.39, 0.29) is 0 Å². The van der Waals surface area contributed by atoms with Crippen LogP contribution in [0, 0.1) is 6.92 Å². The number of hydrogen-bond acceptors (Lipinski definition) is 2. The second-order valence-corrected chi connectivity index (χ2v) is 5.94. The first kappa shape index (κ1) is 12.7. The highest BCUT2D eigenvalue weighted by Crippen LogP contribution is 2.34. The number of aliphatic hydroxyl groups excluding tert-OH is 1. The van der Waals surface area contributed by atoms with Crippen LogP contribution in [0.15, 0.2) is 47.8 Å². The van der Waals surface area contributed by atoms with Gasteiger partial charge in [-0.1, -0.05) is 35.9 Å². The molecule has 2 aromatic carbocycles. The molecule has 0 fully saturated rings. The van der Waals surface area contributed by atoms with Gasteiger partial charge in [-0.2, -0.15) is 0 Å². The maximum atomic E-state index is 10.7. The van der Waals surface area contributed by atoms with E-state index in [1.165, 1.54) is 5.39 Å². The molecule has 0 radical (unpaired) electrons. The minimum atomic E-state index is -0.638. The van der Waals surface area contributed by atoms with Gasteiger partial charge in [0.25, 0.3) is 0 Å². The Kier molecular flexibility index (Phi) is 3.31. The van der Waals surface area contributed by atoms with Gasteiger partial charge in [-0.15, -0.1) is 11.3 Å². The van der Waals surface area contributed by atoms with Gasteiger partial charge >= 0.3 is 0 Å². The Bertz CT molecular complexity index is 732. The van der Waals surface area contributed by atoms with E-state index in [0.717, 1.165) is 21.4 Å². The molecule has 0 amide bonds. The van der Waals surface area contributed by atoms with Crippen LogP contribution in [0.3, 0.4) is 0 Å². The largest absolute Gasteiger partial charge is 0.384 e. The zero-order valence-electron chi connectivity index (χ0n) is 10.4. The standard InChI is InChI=1S/C16H13ClOS/c1-10-5-6-12(17)9-14(10)15(18)13-4-2-3-11-7-8-19-16(11)13/h2-9,15,18H,1H3. The molecule has 1 nitrogen and oxygen atoms in total. The summed E-state index contributed by atoms with van der Waals surface area (Å²) in [5.41, 5.74) is 2.86. The van der Waals surface area contributed by atoms with Crippen LogP contribution in [-0.4, -0.2) is 5.11 Å². The summed E-state index contributed by atoms with van der Waals surface area (Å²) in [5, 5.41) is 14.5. The van der Waals surface area contributed by atoms with E-state index in [0.29, 0.717) is 5.02 Å². The molecule has 3 rings (SSSR count). The number of benzene rings is 2. The Balaban J connectivity index is 2.15. The number of halogens is 1. The molecule has 96 valence electrons. The molecule has 1 heterocycles. The van der Waals surface area contributed by atoms with Crippen molar-refractivity contribution in [2.75, 3.05) is 0 Å². The van der Waals surface area contributed by atoms with Gasteiger partial charge in [-0.3, -0.25) is 0 Å². The summed E-state index contributed by atoms with van der Waals surface area (Å²) < 4.78 is 1.13. The summed E-state index contributed by atoms with van der Waals surface area (Å²) in [5.74, 6) is 0. The SMILES string of the molecule is Cc1ccc(Cl)cc1C(O)c1cccc2ccsc12. The molecule has 0 aliphatic carbocycles. The number of aryl methyl sites for hydroxylation is 1. The van der Waals surface area contributed by atoms with Crippen molar-refractivity contribution >= 4 is 33.0 Å². The minimum Gasteiger partial charge on any atom is -0.384 e. The average Bonchev–Trinajstić information content (AvgIpc) is 2.89. The monoisotopic (exact) mass is 288 g/mol. The Morgan fingerprint density at radius 1 is 1.11 bits per heavy atom. The van der Waals surface area contributed by atoms with E-state index < -0.39 is 6.10 Å². The quantitative estimate of drug-likeness (QED) is 0.708. The number of rotatable bonds is 2. The van der Waals surface area contributed by atoms with Crippen molar-refractivity contribution in [2.24, 2.45) is 0 Å². The minimum absolute atomic E-state index is 0.638. The fourth-order valence-electron chi connectivity index (χ4n) is 2.30. The van der Waals surface area contributed by atoms with Gasteiger partial charge in [0, 0.05) is 15.3 Å². The molecule has 3 aromatic rings. The van der Waals surface area contributed by atoms with Crippen molar-refractivity contribution in [1.29, 1.82) is 0 Å². The zero-order valence-corrected chi connectivity index (χ0v) is 12.0. The van der Waals surface area contributed by atoms with Crippen LogP contribution in [0.2, 0.25) is 5.02 Å². The molecular formula is C16H13ClOS. The second kappa shape index (κ2) is 4.97. The molecule has 0 spiro atoms. The Morgan fingerprint density at radius 3 is 2.79 bits per heavy atom. The van der Waals surface area contributed by atoms with Crippen molar-refractivity contribution in [2.45, 2.75) is 13.0 Å². The van der Waals surface area contributed by atoms with E-state index >= 15 is 0 Å². The fourth-order valence-corrected chi connectivity index (χ4v) is 3.42. The Hall–Kier alpha value is -1.35. The van der Waals surface area contributed by atoms with Crippen LogP contribution in [-0.2, 0) is 0 Å². The third-order valence-electron chi connectivity index (χ3n) is 3.34. The number of fused-ring (bicyclic) bond motifs is 1. The van der Waals surface area contributed by atoms with Gasteiger partial charge in [0.15, 0.2) is 0 Å². The smallest absolute Gasteiger partial charge is 0.106 e. The molecule has 0 aliphatic heterocycles. The first-order valence-corrected chi connectivity index (χ1v) is 7.33. The van der Waals surface area contributed by atoms with Crippen LogP contribution >= 0.6 is 22.9 Å². The summed E-state index contributed by atoms with van der Waals surface area (Å²) >= 11 is 7.69. The Labute approximate surface area is 121 Å². The lowest BCUT2D eigenvalue weighted by Gasteiger charge is -2.15.